The van der Waals surface area contributed by atoms with E-state index in [1.165, 1.54) is 17.7 Å². The zero-order chi connectivity index (χ0) is 18.3. The molecule has 0 amide bonds. The molecule has 136 valence electrons. The van der Waals surface area contributed by atoms with Gasteiger partial charge >= 0.3 is 0 Å². The van der Waals surface area contributed by atoms with Crippen molar-refractivity contribution < 1.29 is 0 Å². The van der Waals surface area contributed by atoms with Gasteiger partial charge in [0.1, 0.15) is 0 Å². The normalized spacial score (nSPS) is 28.8. The third-order valence-electron chi connectivity index (χ3n) is 6.95. The van der Waals surface area contributed by atoms with Gasteiger partial charge in [0, 0.05) is 12.6 Å². The maximum absolute atomic E-state index is 2.61. The van der Waals surface area contributed by atoms with E-state index in [0.717, 1.165) is 0 Å². The summed E-state index contributed by atoms with van der Waals surface area (Å²) >= 11 is 0. The SMILES string of the molecule is Cc1cc(C(C)C)c2c(c1C)[C@H](C)[C@H](C)[C@H](C)N(C)CC2C(C)C. The molecule has 1 unspecified atom stereocenters. The molecule has 0 radical (unpaired) electrons. The van der Waals surface area contributed by atoms with Gasteiger partial charge in [0.05, 0.1) is 0 Å². The summed E-state index contributed by atoms with van der Waals surface area (Å²) in [6, 6.07) is 3.10. The van der Waals surface area contributed by atoms with Gasteiger partial charge in [-0.25, -0.2) is 0 Å². The predicted octanol–water partition coefficient (Wildman–Crippen LogP) is 6.24. The van der Waals surface area contributed by atoms with E-state index in [4.69, 9.17) is 0 Å². The number of nitrogens with zero attached hydrogens (tertiary/aromatic N) is 1. The zero-order valence-corrected chi connectivity index (χ0v) is 17.7. The minimum absolute atomic E-state index is 0.587. The van der Waals surface area contributed by atoms with Crippen molar-refractivity contribution in [1.82, 2.24) is 4.90 Å². The van der Waals surface area contributed by atoms with Gasteiger partial charge in [-0.2, -0.15) is 0 Å². The standard InChI is InChI=1S/C23H39N/c1-13(2)20-11-15(5)16(6)22-18(8)17(7)19(9)24(10)12-21(14(3)4)23(20)22/h11,13-14,17-19,21H,12H2,1-10H3/t17-,18+,19-,21?/m0/s1. The van der Waals surface area contributed by atoms with E-state index in [-0.39, 0.29) is 0 Å². The van der Waals surface area contributed by atoms with Gasteiger partial charge in [-0.3, -0.25) is 0 Å². The largest absolute Gasteiger partial charge is 0.303 e. The molecule has 24 heavy (non-hydrogen) atoms. The van der Waals surface area contributed by atoms with E-state index in [2.05, 4.69) is 80.3 Å². The van der Waals surface area contributed by atoms with Crippen LogP contribution >= 0.6 is 0 Å². The molecule has 1 aliphatic rings. The molecule has 1 aliphatic heterocycles. The van der Waals surface area contributed by atoms with E-state index in [1.807, 2.05) is 0 Å². The summed E-state index contributed by atoms with van der Waals surface area (Å²) in [5.74, 6) is 3.15. The van der Waals surface area contributed by atoms with Gasteiger partial charge in [-0.15, -0.1) is 0 Å². The molecule has 2 rings (SSSR count). The van der Waals surface area contributed by atoms with Crippen LogP contribution in [-0.4, -0.2) is 24.5 Å². The number of aryl methyl sites for hydroxylation is 1. The lowest BCUT2D eigenvalue weighted by Gasteiger charge is -2.43. The van der Waals surface area contributed by atoms with Gasteiger partial charge in [0.2, 0.25) is 0 Å². The Labute approximate surface area is 150 Å². The molecule has 1 heterocycles. The minimum Gasteiger partial charge on any atom is -0.303 e. The lowest BCUT2D eigenvalue weighted by Crippen LogP contribution is -2.42. The topological polar surface area (TPSA) is 3.24 Å². The molecule has 0 aliphatic carbocycles. The second kappa shape index (κ2) is 7.20. The van der Waals surface area contributed by atoms with E-state index >= 15 is 0 Å². The molecule has 4 atom stereocenters. The number of likely N-dealkylation sites (N-methyl/N-ethyl adjacent to an activating group) is 1. The first-order chi connectivity index (χ1) is 11.1. The molecule has 0 bridgehead atoms. The van der Waals surface area contributed by atoms with Crippen LogP contribution in [0.4, 0.5) is 0 Å². The smallest absolute Gasteiger partial charge is 0.00954 e. The van der Waals surface area contributed by atoms with Crippen LogP contribution in [-0.2, 0) is 0 Å². The Bertz CT molecular complexity index is 584. The van der Waals surface area contributed by atoms with Gasteiger partial charge in [-0.1, -0.05) is 47.6 Å². The molecule has 1 aromatic carbocycles. The summed E-state index contributed by atoms with van der Waals surface area (Å²) in [5, 5.41) is 0. The molecule has 0 fully saturated rings. The summed E-state index contributed by atoms with van der Waals surface area (Å²) in [4.78, 5) is 2.61. The Balaban J connectivity index is 2.83. The molecule has 0 saturated carbocycles. The summed E-state index contributed by atoms with van der Waals surface area (Å²) in [5.41, 5.74) is 7.96. The molecule has 1 heteroatoms. The van der Waals surface area contributed by atoms with Crippen LogP contribution in [0.1, 0.15) is 94.0 Å². The van der Waals surface area contributed by atoms with Crippen molar-refractivity contribution in [3.63, 3.8) is 0 Å². The Kier molecular flexibility index (Phi) is 5.85. The maximum atomic E-state index is 2.61. The summed E-state index contributed by atoms with van der Waals surface area (Å²) < 4.78 is 0. The molecular formula is C23H39N. The highest BCUT2D eigenvalue weighted by Crippen LogP contribution is 2.45. The van der Waals surface area contributed by atoms with Crippen molar-refractivity contribution in [2.75, 3.05) is 13.6 Å². The van der Waals surface area contributed by atoms with Crippen LogP contribution in [0.3, 0.4) is 0 Å². The van der Waals surface area contributed by atoms with Gasteiger partial charge in [0.15, 0.2) is 0 Å². The summed E-state index contributed by atoms with van der Waals surface area (Å²) in [6.07, 6.45) is 0. The van der Waals surface area contributed by atoms with Crippen molar-refractivity contribution >= 4 is 0 Å². The second-order valence-electron chi connectivity index (χ2n) is 9.07. The van der Waals surface area contributed by atoms with Crippen LogP contribution in [0.15, 0.2) is 6.07 Å². The van der Waals surface area contributed by atoms with E-state index in [1.54, 1.807) is 16.7 Å². The summed E-state index contributed by atoms with van der Waals surface area (Å²) in [7, 11) is 2.32. The van der Waals surface area contributed by atoms with Crippen LogP contribution in [0.5, 0.6) is 0 Å². The number of benzene rings is 1. The molecule has 1 aromatic rings. The van der Waals surface area contributed by atoms with Crippen LogP contribution in [0.25, 0.3) is 0 Å². The minimum atomic E-state index is 0.587. The van der Waals surface area contributed by atoms with Crippen molar-refractivity contribution in [2.24, 2.45) is 11.8 Å². The zero-order valence-electron chi connectivity index (χ0n) is 17.7. The van der Waals surface area contributed by atoms with Crippen molar-refractivity contribution in [1.29, 1.82) is 0 Å². The van der Waals surface area contributed by atoms with E-state index in [9.17, 15) is 0 Å². The monoisotopic (exact) mass is 329 g/mol. The molecule has 0 spiro atoms. The third kappa shape index (κ3) is 3.29. The average molecular weight is 330 g/mol. The Morgan fingerprint density at radius 2 is 1.58 bits per heavy atom. The molecule has 1 nitrogen and oxygen atoms in total. The summed E-state index contributed by atoms with van der Waals surface area (Å²) in [6.45, 7) is 22.7. The highest BCUT2D eigenvalue weighted by molar-refractivity contribution is 5.50. The Morgan fingerprint density at radius 1 is 1.00 bits per heavy atom. The second-order valence-corrected chi connectivity index (χ2v) is 9.07. The molecule has 0 saturated heterocycles. The number of fused-ring (bicyclic) bond motifs is 1. The first-order valence-electron chi connectivity index (χ1n) is 9.91. The third-order valence-corrected chi connectivity index (χ3v) is 6.95. The fourth-order valence-corrected chi connectivity index (χ4v) is 4.66. The van der Waals surface area contributed by atoms with Crippen LogP contribution < -0.4 is 0 Å². The highest BCUT2D eigenvalue weighted by Gasteiger charge is 2.35. The van der Waals surface area contributed by atoms with Gasteiger partial charge in [-0.05, 0) is 85.2 Å². The Hall–Kier alpha value is -0.820. The van der Waals surface area contributed by atoms with Crippen molar-refractivity contribution in [3.8, 4) is 0 Å². The van der Waals surface area contributed by atoms with E-state index in [0.29, 0.717) is 35.6 Å². The number of hydrogen-bond acceptors (Lipinski definition) is 1. The fraction of sp³-hybridized carbons (Fsp3) is 0.739. The lowest BCUT2D eigenvalue weighted by molar-refractivity contribution is 0.155. The number of hydrogen-bond donors (Lipinski definition) is 0. The van der Waals surface area contributed by atoms with Crippen molar-refractivity contribution in [3.05, 3.63) is 33.9 Å². The molecule has 0 aromatic heterocycles. The van der Waals surface area contributed by atoms with E-state index < -0.39 is 0 Å². The van der Waals surface area contributed by atoms with Crippen LogP contribution in [0, 0.1) is 25.7 Å². The maximum Gasteiger partial charge on any atom is 0.00954 e. The molecular weight excluding hydrogens is 290 g/mol. The van der Waals surface area contributed by atoms with Crippen LogP contribution in [0.2, 0.25) is 0 Å². The fourth-order valence-electron chi connectivity index (χ4n) is 4.66. The van der Waals surface area contributed by atoms with Crippen molar-refractivity contribution in [2.45, 2.75) is 86.1 Å². The predicted molar refractivity (Wildman–Crippen MR) is 107 cm³/mol. The lowest BCUT2D eigenvalue weighted by atomic mass is 9.70. The average Bonchev–Trinajstić information content (AvgIpc) is 2.51. The van der Waals surface area contributed by atoms with Gasteiger partial charge in [0.25, 0.3) is 0 Å². The quantitative estimate of drug-likeness (QED) is 0.620. The number of rotatable bonds is 2. The first kappa shape index (κ1) is 19.5. The highest BCUT2D eigenvalue weighted by atomic mass is 15.1. The van der Waals surface area contributed by atoms with Gasteiger partial charge < -0.3 is 4.90 Å². The Morgan fingerprint density at radius 3 is 2.08 bits per heavy atom. The molecule has 0 N–H and O–H groups in total. The first-order valence-corrected chi connectivity index (χ1v) is 9.91.